The maximum Gasteiger partial charge on any atom is 0.416 e. The van der Waals surface area contributed by atoms with Crippen molar-refractivity contribution in [3.05, 3.63) is 71.3 Å². The molecule has 0 heterocycles. The third-order valence-corrected chi connectivity index (χ3v) is 7.73. The first-order valence-electron chi connectivity index (χ1n) is 16.9. The van der Waals surface area contributed by atoms with Gasteiger partial charge in [-0.3, -0.25) is 0 Å². The summed E-state index contributed by atoms with van der Waals surface area (Å²) < 4.78 is 52.5. The Hall–Kier alpha value is -3.22. The highest BCUT2D eigenvalue weighted by atomic mass is 19.4. The average Bonchev–Trinajstić information content (AvgIpc) is 3.01. The Morgan fingerprint density at radius 1 is 0.689 bits per heavy atom. The van der Waals surface area contributed by atoms with E-state index in [0.29, 0.717) is 35.8 Å². The van der Waals surface area contributed by atoms with Crippen molar-refractivity contribution in [2.45, 2.75) is 123 Å². The molecule has 0 saturated heterocycles. The number of unbranched alkanes of at least 4 members (excludes halogenated alkanes) is 14. The molecule has 7 heteroatoms. The van der Waals surface area contributed by atoms with E-state index >= 15 is 0 Å². The van der Waals surface area contributed by atoms with Gasteiger partial charge in [-0.25, -0.2) is 4.79 Å². The predicted octanol–water partition coefficient (Wildman–Crippen LogP) is 11.9. The molecule has 0 unspecified atom stereocenters. The van der Waals surface area contributed by atoms with E-state index in [9.17, 15) is 23.1 Å². The van der Waals surface area contributed by atoms with Crippen LogP contribution in [0, 0.1) is 0 Å². The Bertz CT molecular complexity index is 1170. The molecule has 0 fully saturated rings. The molecule has 0 amide bonds. The van der Waals surface area contributed by atoms with Crippen molar-refractivity contribution in [3.8, 4) is 11.5 Å². The zero-order valence-corrected chi connectivity index (χ0v) is 27.3. The molecule has 0 radical (unpaired) electrons. The van der Waals surface area contributed by atoms with Crippen molar-refractivity contribution in [1.82, 2.24) is 0 Å². The van der Waals surface area contributed by atoms with Gasteiger partial charge < -0.3 is 14.6 Å². The highest BCUT2D eigenvalue weighted by Gasteiger charge is 2.30. The van der Waals surface area contributed by atoms with Crippen LogP contribution in [0.1, 0.15) is 133 Å². The van der Waals surface area contributed by atoms with Crippen molar-refractivity contribution in [2.75, 3.05) is 13.2 Å². The Morgan fingerprint density at radius 3 is 1.76 bits per heavy atom. The molecule has 0 aliphatic heterocycles. The normalized spacial score (nSPS) is 12.2. The molecule has 250 valence electrons. The number of halogens is 3. The number of carboxylic acids is 1. The summed E-state index contributed by atoms with van der Waals surface area (Å²) in [6, 6.07) is 10.3. The zero-order valence-electron chi connectivity index (χ0n) is 27.3. The lowest BCUT2D eigenvalue weighted by Crippen LogP contribution is -2.05. The molecule has 2 rings (SSSR count). The van der Waals surface area contributed by atoms with E-state index in [-0.39, 0.29) is 5.56 Å². The van der Waals surface area contributed by atoms with Gasteiger partial charge in [0.15, 0.2) is 11.5 Å². The van der Waals surface area contributed by atoms with Gasteiger partial charge in [0.05, 0.1) is 18.8 Å². The quantitative estimate of drug-likeness (QED) is 0.0543. The third-order valence-electron chi connectivity index (χ3n) is 7.73. The molecule has 0 bridgehead atoms. The Kier molecular flexibility index (Phi) is 18.8. The smallest absolute Gasteiger partial charge is 0.416 e. The number of carboxylic acid groups (broad SMARTS) is 1. The summed E-state index contributed by atoms with van der Waals surface area (Å²) in [5.74, 6) is 0.0280. The van der Waals surface area contributed by atoms with Crippen molar-refractivity contribution in [3.63, 3.8) is 0 Å². The highest BCUT2D eigenvalue weighted by Crippen LogP contribution is 2.34. The second kappa shape index (κ2) is 22.3. The fourth-order valence-electron chi connectivity index (χ4n) is 5.13. The lowest BCUT2D eigenvalue weighted by molar-refractivity contribution is -0.137. The predicted molar refractivity (Wildman–Crippen MR) is 179 cm³/mol. The van der Waals surface area contributed by atoms with Gasteiger partial charge in [-0.1, -0.05) is 122 Å². The molecular weight excluding hydrogens is 577 g/mol. The molecular formula is C38H53F3O4. The van der Waals surface area contributed by atoms with Gasteiger partial charge in [-0.05, 0) is 66.0 Å². The van der Waals surface area contributed by atoms with Crippen LogP contribution in [0.5, 0.6) is 11.5 Å². The number of hydrogen-bond donors (Lipinski definition) is 1. The van der Waals surface area contributed by atoms with E-state index in [1.54, 1.807) is 6.08 Å². The Labute approximate surface area is 268 Å². The summed E-state index contributed by atoms with van der Waals surface area (Å²) >= 11 is 0. The number of aliphatic carboxylic acids is 1. The second-order valence-electron chi connectivity index (χ2n) is 11.7. The molecule has 0 saturated carbocycles. The van der Waals surface area contributed by atoms with Gasteiger partial charge in [0.1, 0.15) is 0 Å². The molecule has 0 spiro atoms. The van der Waals surface area contributed by atoms with E-state index in [2.05, 4.69) is 13.8 Å². The maximum atomic E-state index is 13.4. The minimum Gasteiger partial charge on any atom is -0.490 e. The number of rotatable bonds is 24. The number of hydrogen-bond acceptors (Lipinski definition) is 3. The summed E-state index contributed by atoms with van der Waals surface area (Å²) in [7, 11) is 0. The van der Waals surface area contributed by atoms with Crippen LogP contribution < -0.4 is 9.47 Å². The highest BCUT2D eigenvalue weighted by molar-refractivity contribution is 5.92. The zero-order chi connectivity index (χ0) is 32.8. The lowest BCUT2D eigenvalue weighted by Gasteiger charge is -2.14. The molecule has 0 aliphatic rings. The SMILES string of the molecule is CCCCCCCCCCOc1ccc(/C=C(/C=C\C(=O)O)c2cccc(C(F)(F)F)c2)cc1OCCCCCCCCCC. The lowest BCUT2D eigenvalue weighted by atomic mass is 9.99. The van der Waals surface area contributed by atoms with Crippen LogP contribution in [0.3, 0.4) is 0 Å². The Morgan fingerprint density at radius 2 is 1.22 bits per heavy atom. The fourth-order valence-corrected chi connectivity index (χ4v) is 5.13. The van der Waals surface area contributed by atoms with Crippen molar-refractivity contribution in [2.24, 2.45) is 0 Å². The number of ether oxygens (including phenoxy) is 2. The van der Waals surface area contributed by atoms with Crippen LogP contribution in [0.15, 0.2) is 54.6 Å². The third kappa shape index (κ3) is 16.6. The van der Waals surface area contributed by atoms with Crippen molar-refractivity contribution < 1.29 is 32.5 Å². The minimum atomic E-state index is -4.51. The summed E-state index contributed by atoms with van der Waals surface area (Å²) in [4.78, 5) is 11.3. The van der Waals surface area contributed by atoms with Crippen molar-refractivity contribution in [1.29, 1.82) is 0 Å². The maximum absolute atomic E-state index is 13.4. The monoisotopic (exact) mass is 630 g/mol. The summed E-state index contributed by atoms with van der Waals surface area (Å²) in [5.41, 5.74) is 0.473. The molecule has 2 aromatic carbocycles. The molecule has 0 aromatic heterocycles. The first-order valence-corrected chi connectivity index (χ1v) is 16.9. The molecule has 4 nitrogen and oxygen atoms in total. The molecule has 45 heavy (non-hydrogen) atoms. The van der Waals surface area contributed by atoms with Crippen LogP contribution in [0.4, 0.5) is 13.2 Å². The molecule has 2 aromatic rings. The first kappa shape index (κ1) is 38.0. The van der Waals surface area contributed by atoms with Crippen LogP contribution in [-0.2, 0) is 11.0 Å². The summed E-state index contributed by atoms with van der Waals surface area (Å²) in [5, 5.41) is 9.21. The van der Waals surface area contributed by atoms with Gasteiger partial charge in [-0.15, -0.1) is 0 Å². The Balaban J connectivity index is 2.16. The summed E-state index contributed by atoms with van der Waals surface area (Å²) in [6.07, 6.45) is 18.5. The number of carbonyl (C=O) groups is 1. The number of benzene rings is 2. The molecule has 0 atom stereocenters. The minimum absolute atomic E-state index is 0.263. The van der Waals surface area contributed by atoms with Crippen LogP contribution >= 0.6 is 0 Å². The summed E-state index contributed by atoms with van der Waals surface area (Å²) in [6.45, 7) is 5.55. The van der Waals surface area contributed by atoms with E-state index in [1.807, 2.05) is 18.2 Å². The largest absolute Gasteiger partial charge is 0.490 e. The topological polar surface area (TPSA) is 55.8 Å². The van der Waals surface area contributed by atoms with Gasteiger partial charge in [0, 0.05) is 6.08 Å². The fraction of sp³-hybridized carbons (Fsp3) is 0.553. The van der Waals surface area contributed by atoms with Gasteiger partial charge >= 0.3 is 12.1 Å². The number of alkyl halides is 3. The van der Waals surface area contributed by atoms with Crippen LogP contribution in [-0.4, -0.2) is 24.3 Å². The van der Waals surface area contributed by atoms with Crippen molar-refractivity contribution >= 4 is 17.6 Å². The van der Waals surface area contributed by atoms with E-state index in [0.717, 1.165) is 43.9 Å². The second-order valence-corrected chi connectivity index (χ2v) is 11.7. The molecule has 1 N–H and O–H groups in total. The van der Waals surface area contributed by atoms with Gasteiger partial charge in [-0.2, -0.15) is 13.2 Å². The average molecular weight is 631 g/mol. The van der Waals surface area contributed by atoms with Gasteiger partial charge in [0.2, 0.25) is 0 Å². The van der Waals surface area contributed by atoms with Gasteiger partial charge in [0.25, 0.3) is 0 Å². The van der Waals surface area contributed by atoms with Crippen LogP contribution in [0.25, 0.3) is 11.6 Å². The molecule has 0 aliphatic carbocycles. The van der Waals surface area contributed by atoms with E-state index in [1.165, 1.54) is 95.3 Å². The first-order chi connectivity index (χ1) is 21.7. The standard InChI is InChI=1S/C38H53F3O4/c1-3-5-7-9-11-13-15-17-26-44-35-24-22-31(29-36(35)45-27-18-16-14-12-10-8-6-4-2)28-33(23-25-37(42)43)32-20-19-21-34(30-32)38(39,40)41/h19-25,28-30H,3-18,26-27H2,1-2H3,(H,42,43)/b25-23-,33-28-. The van der Waals surface area contributed by atoms with Crippen LogP contribution in [0.2, 0.25) is 0 Å². The van der Waals surface area contributed by atoms with E-state index < -0.39 is 17.7 Å². The number of allylic oxidation sites excluding steroid dienone is 2. The van der Waals surface area contributed by atoms with E-state index in [4.69, 9.17) is 9.47 Å².